The van der Waals surface area contributed by atoms with Gasteiger partial charge in [0.25, 0.3) is 0 Å². The molecular formula is C13H10N2S2. The number of thiazole rings is 1. The number of aromatic nitrogens is 1. The summed E-state index contributed by atoms with van der Waals surface area (Å²) < 4.78 is 0. The van der Waals surface area contributed by atoms with E-state index in [1.807, 2.05) is 24.3 Å². The second kappa shape index (κ2) is 4.31. The lowest BCUT2D eigenvalue weighted by Gasteiger charge is -1.96. The van der Waals surface area contributed by atoms with Crippen molar-refractivity contribution in [2.45, 2.75) is 0 Å². The van der Waals surface area contributed by atoms with Crippen LogP contribution in [0.4, 0.5) is 5.69 Å². The topological polar surface area (TPSA) is 38.9 Å². The molecule has 0 aliphatic heterocycles. The first-order valence-corrected chi connectivity index (χ1v) is 6.99. The highest BCUT2D eigenvalue weighted by atomic mass is 32.1. The molecule has 3 rings (SSSR count). The Labute approximate surface area is 107 Å². The summed E-state index contributed by atoms with van der Waals surface area (Å²) in [7, 11) is 0. The zero-order valence-electron chi connectivity index (χ0n) is 8.96. The van der Waals surface area contributed by atoms with E-state index in [9.17, 15) is 0 Å². The number of hydrogen-bond donors (Lipinski definition) is 1. The molecular weight excluding hydrogens is 248 g/mol. The number of nitrogens with two attached hydrogens (primary N) is 1. The van der Waals surface area contributed by atoms with Crippen molar-refractivity contribution in [1.82, 2.24) is 4.98 Å². The molecule has 3 aromatic rings. The van der Waals surface area contributed by atoms with E-state index in [0.717, 1.165) is 22.0 Å². The standard InChI is InChI=1S/C13H10N2S2/c14-11-3-1-9(2-4-11)13-15-12(8-17-13)10-5-6-16-7-10/h1-8H,14H2. The quantitative estimate of drug-likeness (QED) is 0.702. The van der Waals surface area contributed by atoms with Crippen LogP contribution in [0.15, 0.2) is 46.5 Å². The van der Waals surface area contributed by atoms with Crippen LogP contribution in [0.5, 0.6) is 0 Å². The van der Waals surface area contributed by atoms with Crippen LogP contribution in [0.2, 0.25) is 0 Å². The summed E-state index contributed by atoms with van der Waals surface area (Å²) in [6.07, 6.45) is 0. The summed E-state index contributed by atoms with van der Waals surface area (Å²) in [5.74, 6) is 0. The van der Waals surface area contributed by atoms with Gasteiger partial charge in [0.1, 0.15) is 5.01 Å². The van der Waals surface area contributed by atoms with Gasteiger partial charge in [-0.15, -0.1) is 11.3 Å². The highest BCUT2D eigenvalue weighted by molar-refractivity contribution is 7.13. The van der Waals surface area contributed by atoms with E-state index in [2.05, 4.69) is 27.2 Å². The largest absolute Gasteiger partial charge is 0.399 e. The van der Waals surface area contributed by atoms with E-state index < -0.39 is 0 Å². The van der Waals surface area contributed by atoms with Crippen LogP contribution in [0.3, 0.4) is 0 Å². The average molecular weight is 258 g/mol. The summed E-state index contributed by atoms with van der Waals surface area (Å²) >= 11 is 3.35. The SMILES string of the molecule is Nc1ccc(-c2nc(-c3ccsc3)cs2)cc1. The van der Waals surface area contributed by atoms with Gasteiger partial charge >= 0.3 is 0 Å². The Morgan fingerprint density at radius 2 is 1.76 bits per heavy atom. The third-order valence-corrected chi connectivity index (χ3v) is 4.05. The highest BCUT2D eigenvalue weighted by Gasteiger charge is 2.06. The Balaban J connectivity index is 1.98. The van der Waals surface area contributed by atoms with Crippen LogP contribution in [0, 0.1) is 0 Å². The molecule has 4 heteroatoms. The van der Waals surface area contributed by atoms with Crippen LogP contribution in [-0.2, 0) is 0 Å². The number of benzene rings is 1. The van der Waals surface area contributed by atoms with Gasteiger partial charge in [-0.05, 0) is 35.7 Å². The molecule has 0 bridgehead atoms. The molecule has 0 aliphatic carbocycles. The maximum absolute atomic E-state index is 5.67. The minimum Gasteiger partial charge on any atom is -0.399 e. The Kier molecular flexibility index (Phi) is 2.66. The zero-order chi connectivity index (χ0) is 11.7. The number of nitrogen functional groups attached to an aromatic ring is 1. The summed E-state index contributed by atoms with van der Waals surface area (Å²) in [5, 5.41) is 7.30. The van der Waals surface area contributed by atoms with E-state index in [1.54, 1.807) is 22.7 Å². The molecule has 17 heavy (non-hydrogen) atoms. The van der Waals surface area contributed by atoms with Gasteiger partial charge in [-0.1, -0.05) is 0 Å². The fourth-order valence-corrected chi connectivity index (χ4v) is 3.06. The zero-order valence-corrected chi connectivity index (χ0v) is 10.6. The van der Waals surface area contributed by atoms with Crippen LogP contribution < -0.4 is 5.73 Å². The summed E-state index contributed by atoms with van der Waals surface area (Å²) in [4.78, 5) is 4.64. The first-order valence-electron chi connectivity index (χ1n) is 5.17. The van der Waals surface area contributed by atoms with Gasteiger partial charge in [0.2, 0.25) is 0 Å². The minimum absolute atomic E-state index is 0.781. The molecule has 0 aliphatic rings. The number of rotatable bonds is 2. The van der Waals surface area contributed by atoms with Gasteiger partial charge in [0.05, 0.1) is 5.69 Å². The van der Waals surface area contributed by atoms with Gasteiger partial charge in [0.15, 0.2) is 0 Å². The minimum atomic E-state index is 0.781. The smallest absolute Gasteiger partial charge is 0.124 e. The van der Waals surface area contributed by atoms with Crippen molar-refractivity contribution in [1.29, 1.82) is 0 Å². The molecule has 2 N–H and O–H groups in total. The molecule has 0 fully saturated rings. The molecule has 2 nitrogen and oxygen atoms in total. The summed E-state index contributed by atoms with van der Waals surface area (Å²) in [6.45, 7) is 0. The van der Waals surface area contributed by atoms with E-state index in [4.69, 9.17) is 5.73 Å². The fraction of sp³-hybridized carbons (Fsp3) is 0. The number of hydrogen-bond acceptors (Lipinski definition) is 4. The third-order valence-electron chi connectivity index (χ3n) is 2.48. The van der Waals surface area contributed by atoms with Crippen molar-refractivity contribution >= 4 is 28.4 Å². The Hall–Kier alpha value is -1.65. The monoisotopic (exact) mass is 258 g/mol. The number of nitrogens with zero attached hydrogens (tertiary/aromatic N) is 1. The molecule has 0 unspecified atom stereocenters. The molecule has 2 aromatic heterocycles. The van der Waals surface area contributed by atoms with Crippen LogP contribution in [0.1, 0.15) is 0 Å². The summed E-state index contributed by atoms with van der Waals surface area (Å²) in [5.41, 5.74) is 9.80. The predicted octanol–water partition coefficient (Wildman–Crippen LogP) is 4.12. The van der Waals surface area contributed by atoms with Gasteiger partial charge in [-0.2, -0.15) is 11.3 Å². The molecule has 0 radical (unpaired) electrons. The van der Waals surface area contributed by atoms with Crippen molar-refractivity contribution in [3.8, 4) is 21.8 Å². The highest BCUT2D eigenvalue weighted by Crippen LogP contribution is 2.30. The summed E-state index contributed by atoms with van der Waals surface area (Å²) in [6, 6.07) is 9.91. The molecule has 84 valence electrons. The van der Waals surface area contributed by atoms with Crippen molar-refractivity contribution < 1.29 is 0 Å². The second-order valence-corrected chi connectivity index (χ2v) is 5.31. The first kappa shape index (κ1) is 10.5. The fourth-order valence-electron chi connectivity index (χ4n) is 1.57. The van der Waals surface area contributed by atoms with E-state index in [0.29, 0.717) is 0 Å². The number of thiophene rings is 1. The van der Waals surface area contributed by atoms with Crippen molar-refractivity contribution in [2.24, 2.45) is 0 Å². The van der Waals surface area contributed by atoms with Crippen LogP contribution in [-0.4, -0.2) is 4.98 Å². The molecule has 2 heterocycles. The van der Waals surface area contributed by atoms with Crippen molar-refractivity contribution in [3.05, 3.63) is 46.5 Å². The molecule has 0 spiro atoms. The molecule has 0 saturated heterocycles. The lowest BCUT2D eigenvalue weighted by atomic mass is 10.2. The molecule has 1 aromatic carbocycles. The molecule has 0 amide bonds. The van der Waals surface area contributed by atoms with E-state index in [-0.39, 0.29) is 0 Å². The average Bonchev–Trinajstić information content (AvgIpc) is 3.00. The van der Waals surface area contributed by atoms with E-state index in [1.165, 1.54) is 5.56 Å². The maximum atomic E-state index is 5.67. The predicted molar refractivity (Wildman–Crippen MR) is 75.3 cm³/mol. The lowest BCUT2D eigenvalue weighted by Crippen LogP contribution is -1.83. The van der Waals surface area contributed by atoms with Crippen molar-refractivity contribution in [3.63, 3.8) is 0 Å². The van der Waals surface area contributed by atoms with Crippen LogP contribution in [0.25, 0.3) is 21.8 Å². The Bertz CT molecular complexity index is 609. The third kappa shape index (κ3) is 2.09. The van der Waals surface area contributed by atoms with Crippen molar-refractivity contribution in [2.75, 3.05) is 5.73 Å². The molecule has 0 atom stereocenters. The van der Waals surface area contributed by atoms with E-state index >= 15 is 0 Å². The molecule has 0 saturated carbocycles. The Morgan fingerprint density at radius 3 is 2.47 bits per heavy atom. The van der Waals surface area contributed by atoms with Crippen LogP contribution >= 0.6 is 22.7 Å². The van der Waals surface area contributed by atoms with Gasteiger partial charge in [0, 0.05) is 27.6 Å². The normalized spacial score (nSPS) is 10.6. The first-order chi connectivity index (χ1) is 8.33. The number of anilines is 1. The van der Waals surface area contributed by atoms with Gasteiger partial charge in [-0.3, -0.25) is 0 Å². The lowest BCUT2D eigenvalue weighted by molar-refractivity contribution is 1.41. The Morgan fingerprint density at radius 1 is 0.941 bits per heavy atom. The second-order valence-electron chi connectivity index (χ2n) is 3.67. The van der Waals surface area contributed by atoms with Gasteiger partial charge in [-0.25, -0.2) is 4.98 Å². The van der Waals surface area contributed by atoms with Gasteiger partial charge < -0.3 is 5.73 Å². The maximum Gasteiger partial charge on any atom is 0.124 e.